The lowest BCUT2D eigenvalue weighted by atomic mass is 10.1. The average Bonchev–Trinajstić information content (AvgIpc) is 2.62. The van der Waals surface area contributed by atoms with Crippen molar-refractivity contribution >= 4 is 11.8 Å². The molecule has 0 aliphatic rings. The maximum Gasteiger partial charge on any atom is 0.246 e. The third-order valence-corrected chi connectivity index (χ3v) is 3.47. The van der Waals surface area contributed by atoms with Crippen molar-refractivity contribution in [1.82, 2.24) is 10.6 Å². The van der Waals surface area contributed by atoms with Crippen LogP contribution in [0.4, 0.5) is 0 Å². The van der Waals surface area contributed by atoms with E-state index >= 15 is 0 Å². The molecule has 0 radical (unpaired) electrons. The summed E-state index contributed by atoms with van der Waals surface area (Å²) in [5, 5.41) is 5.53. The number of hydrogen-bond acceptors (Lipinski definition) is 6. The molecule has 0 spiro atoms. The Morgan fingerprint density at radius 2 is 1.31 bits per heavy atom. The van der Waals surface area contributed by atoms with Crippen LogP contribution in [-0.2, 0) is 28.5 Å². The summed E-state index contributed by atoms with van der Waals surface area (Å²) >= 11 is 0. The molecule has 26 heavy (non-hydrogen) atoms. The van der Waals surface area contributed by atoms with Crippen molar-refractivity contribution in [1.29, 1.82) is 0 Å². The molecule has 0 rings (SSSR count). The van der Waals surface area contributed by atoms with Gasteiger partial charge in [-0.15, -0.1) is 0 Å². The quantitative estimate of drug-likeness (QED) is 0.364. The van der Waals surface area contributed by atoms with E-state index in [2.05, 4.69) is 10.6 Å². The van der Waals surface area contributed by atoms with Crippen molar-refractivity contribution in [3.8, 4) is 0 Å². The van der Waals surface area contributed by atoms with Gasteiger partial charge in [0.25, 0.3) is 0 Å². The molecule has 0 aliphatic heterocycles. The Bertz CT molecular complexity index is 366. The van der Waals surface area contributed by atoms with Crippen LogP contribution in [0.15, 0.2) is 0 Å². The van der Waals surface area contributed by atoms with Crippen molar-refractivity contribution in [2.75, 3.05) is 59.3 Å². The normalized spacial score (nSPS) is 12.2. The van der Waals surface area contributed by atoms with Gasteiger partial charge in [-0.3, -0.25) is 9.59 Å². The third-order valence-electron chi connectivity index (χ3n) is 3.47. The van der Waals surface area contributed by atoms with Crippen LogP contribution in [0.25, 0.3) is 0 Å². The molecule has 154 valence electrons. The first-order chi connectivity index (χ1) is 12.5. The van der Waals surface area contributed by atoms with Gasteiger partial charge in [-0.1, -0.05) is 13.8 Å². The zero-order chi connectivity index (χ0) is 19.6. The summed E-state index contributed by atoms with van der Waals surface area (Å²) in [5.74, 6) is -0.0378. The summed E-state index contributed by atoms with van der Waals surface area (Å²) in [6.07, 6.45) is 0.878. The predicted molar refractivity (Wildman–Crippen MR) is 99.0 cm³/mol. The SMILES string of the molecule is CCC(C)C(=O)NCCOCCOCCOCCNC(=O)COC(C)C. The van der Waals surface area contributed by atoms with Crippen LogP contribution < -0.4 is 10.6 Å². The summed E-state index contributed by atoms with van der Waals surface area (Å²) in [5.41, 5.74) is 0. The van der Waals surface area contributed by atoms with Gasteiger partial charge in [0.05, 0.1) is 45.7 Å². The van der Waals surface area contributed by atoms with Gasteiger partial charge >= 0.3 is 0 Å². The Morgan fingerprint density at radius 1 is 0.808 bits per heavy atom. The molecule has 0 aliphatic carbocycles. The third kappa shape index (κ3) is 16.3. The van der Waals surface area contributed by atoms with Gasteiger partial charge in [0.1, 0.15) is 6.61 Å². The van der Waals surface area contributed by atoms with E-state index in [1.165, 1.54) is 0 Å². The van der Waals surface area contributed by atoms with E-state index in [0.29, 0.717) is 52.7 Å². The zero-order valence-electron chi connectivity index (χ0n) is 16.7. The maximum atomic E-state index is 11.5. The second kappa shape index (κ2) is 17.2. The molecule has 0 aromatic rings. The molecule has 0 saturated heterocycles. The van der Waals surface area contributed by atoms with Crippen LogP contribution in [-0.4, -0.2) is 77.3 Å². The molecular weight excluding hydrogens is 340 g/mol. The van der Waals surface area contributed by atoms with Gasteiger partial charge in [0.2, 0.25) is 11.8 Å². The first kappa shape index (κ1) is 24.8. The van der Waals surface area contributed by atoms with Gasteiger partial charge in [-0.25, -0.2) is 0 Å². The minimum Gasteiger partial charge on any atom is -0.377 e. The molecule has 1 unspecified atom stereocenters. The van der Waals surface area contributed by atoms with Crippen LogP contribution in [0.2, 0.25) is 0 Å². The van der Waals surface area contributed by atoms with E-state index in [1.807, 2.05) is 27.7 Å². The van der Waals surface area contributed by atoms with Gasteiger partial charge in [0, 0.05) is 19.0 Å². The van der Waals surface area contributed by atoms with E-state index < -0.39 is 0 Å². The Morgan fingerprint density at radius 3 is 1.81 bits per heavy atom. The van der Waals surface area contributed by atoms with Crippen LogP contribution in [0.1, 0.15) is 34.1 Å². The molecule has 0 bridgehead atoms. The molecule has 0 heterocycles. The van der Waals surface area contributed by atoms with Gasteiger partial charge in [0.15, 0.2) is 0 Å². The maximum absolute atomic E-state index is 11.5. The molecule has 0 aromatic heterocycles. The molecule has 8 nitrogen and oxygen atoms in total. The first-order valence-electron chi connectivity index (χ1n) is 9.36. The standard InChI is InChI=1S/C18H36N2O6/c1-5-16(4)18(22)20-7-9-24-11-13-25-12-10-23-8-6-19-17(21)14-26-15(2)3/h15-16H,5-14H2,1-4H3,(H,19,21)(H,20,22). The Kier molecular flexibility index (Phi) is 16.4. The Labute approximate surface area is 157 Å². The predicted octanol–water partition coefficient (Wildman–Crippen LogP) is 0.740. The first-order valence-corrected chi connectivity index (χ1v) is 9.36. The summed E-state index contributed by atoms with van der Waals surface area (Å²) in [6, 6.07) is 0. The van der Waals surface area contributed by atoms with E-state index in [1.54, 1.807) is 0 Å². The molecule has 0 aromatic carbocycles. The average molecular weight is 376 g/mol. The van der Waals surface area contributed by atoms with E-state index in [9.17, 15) is 9.59 Å². The topological polar surface area (TPSA) is 95.1 Å². The second-order valence-electron chi connectivity index (χ2n) is 6.15. The smallest absolute Gasteiger partial charge is 0.246 e. The fourth-order valence-electron chi connectivity index (χ4n) is 1.70. The number of amides is 2. The molecule has 0 saturated carbocycles. The van der Waals surface area contributed by atoms with Crippen LogP contribution >= 0.6 is 0 Å². The van der Waals surface area contributed by atoms with Crippen LogP contribution in [0.5, 0.6) is 0 Å². The van der Waals surface area contributed by atoms with Crippen molar-refractivity contribution < 1.29 is 28.5 Å². The van der Waals surface area contributed by atoms with E-state index in [0.717, 1.165) is 6.42 Å². The fraction of sp³-hybridized carbons (Fsp3) is 0.889. The number of rotatable bonds is 17. The molecule has 2 N–H and O–H groups in total. The highest BCUT2D eigenvalue weighted by molar-refractivity contribution is 5.78. The largest absolute Gasteiger partial charge is 0.377 e. The molecule has 8 heteroatoms. The number of carbonyl (C=O) groups excluding carboxylic acids is 2. The summed E-state index contributed by atoms with van der Waals surface area (Å²) < 4.78 is 21.3. The lowest BCUT2D eigenvalue weighted by molar-refractivity contribution is -0.127. The van der Waals surface area contributed by atoms with Crippen molar-refractivity contribution in [3.63, 3.8) is 0 Å². The number of nitrogens with one attached hydrogen (secondary N) is 2. The lowest BCUT2D eigenvalue weighted by Gasteiger charge is -2.10. The molecular formula is C18H36N2O6. The molecule has 1 atom stereocenters. The summed E-state index contributed by atoms with van der Waals surface area (Å²) in [7, 11) is 0. The minimum absolute atomic E-state index is 0.0417. The van der Waals surface area contributed by atoms with Gasteiger partial charge in [-0.2, -0.15) is 0 Å². The highest BCUT2D eigenvalue weighted by atomic mass is 16.5. The number of carbonyl (C=O) groups is 2. The van der Waals surface area contributed by atoms with Gasteiger partial charge in [-0.05, 0) is 20.3 Å². The minimum atomic E-state index is -0.143. The number of hydrogen-bond donors (Lipinski definition) is 2. The van der Waals surface area contributed by atoms with E-state index in [-0.39, 0.29) is 30.4 Å². The summed E-state index contributed by atoms with van der Waals surface area (Å²) in [4.78, 5) is 22.9. The Balaban J connectivity index is 3.22. The fourth-order valence-corrected chi connectivity index (χ4v) is 1.70. The van der Waals surface area contributed by atoms with E-state index in [4.69, 9.17) is 18.9 Å². The lowest BCUT2D eigenvalue weighted by Crippen LogP contribution is -2.32. The van der Waals surface area contributed by atoms with Crippen LogP contribution in [0, 0.1) is 5.92 Å². The molecule has 2 amide bonds. The second-order valence-corrected chi connectivity index (χ2v) is 6.15. The van der Waals surface area contributed by atoms with Gasteiger partial charge < -0.3 is 29.6 Å². The van der Waals surface area contributed by atoms with Crippen molar-refractivity contribution in [2.45, 2.75) is 40.2 Å². The highest BCUT2D eigenvalue weighted by Crippen LogP contribution is 1.98. The Hall–Kier alpha value is -1.22. The number of ether oxygens (including phenoxy) is 4. The molecule has 0 fully saturated rings. The monoisotopic (exact) mass is 376 g/mol. The van der Waals surface area contributed by atoms with Crippen molar-refractivity contribution in [3.05, 3.63) is 0 Å². The summed E-state index contributed by atoms with van der Waals surface area (Å²) in [6.45, 7) is 11.5. The highest BCUT2D eigenvalue weighted by Gasteiger charge is 2.08. The van der Waals surface area contributed by atoms with Crippen molar-refractivity contribution in [2.24, 2.45) is 5.92 Å². The zero-order valence-corrected chi connectivity index (χ0v) is 16.7. The van der Waals surface area contributed by atoms with Crippen LogP contribution in [0.3, 0.4) is 0 Å².